The topological polar surface area (TPSA) is 75.9 Å². The summed E-state index contributed by atoms with van der Waals surface area (Å²) in [6, 6.07) is 24.3. The first-order valence-corrected chi connectivity index (χ1v) is 14.0. The normalized spacial score (nSPS) is 16.7. The Morgan fingerprint density at radius 1 is 0.974 bits per heavy atom. The second-order valence-corrected chi connectivity index (χ2v) is 11.2. The molecular weight excluding hydrogens is 533 g/mol. The lowest BCUT2D eigenvalue weighted by Crippen LogP contribution is -2.50. The Kier molecular flexibility index (Phi) is 9.21. The minimum Gasteiger partial charge on any atom is -0.410 e. The van der Waals surface area contributed by atoms with Gasteiger partial charge in [0.25, 0.3) is 0 Å². The number of nitrogens with zero attached hydrogens (tertiary/aromatic N) is 2. The first-order chi connectivity index (χ1) is 18.7. The fourth-order valence-corrected chi connectivity index (χ4v) is 5.73. The number of rotatable bonds is 9. The summed E-state index contributed by atoms with van der Waals surface area (Å²) in [6.07, 6.45) is 2.39. The summed E-state index contributed by atoms with van der Waals surface area (Å²) in [5, 5.41) is 0.895. The fourth-order valence-electron chi connectivity index (χ4n) is 5.44. The molecule has 0 bridgehead atoms. The van der Waals surface area contributed by atoms with Gasteiger partial charge in [-0.05, 0) is 87.6 Å². The second-order valence-electron chi connectivity index (χ2n) is 10.4. The van der Waals surface area contributed by atoms with Gasteiger partial charge in [0.2, 0.25) is 5.91 Å². The van der Waals surface area contributed by atoms with E-state index in [4.69, 9.17) is 33.7 Å². The highest BCUT2D eigenvalue weighted by Crippen LogP contribution is 2.38. The van der Waals surface area contributed by atoms with Gasteiger partial charge in [-0.1, -0.05) is 77.8 Å². The first-order valence-electron chi connectivity index (χ1n) is 13.2. The van der Waals surface area contributed by atoms with E-state index in [1.54, 1.807) is 30.1 Å². The van der Waals surface area contributed by atoms with E-state index in [1.807, 2.05) is 67.6 Å². The van der Waals surface area contributed by atoms with E-state index in [0.29, 0.717) is 35.1 Å². The maximum Gasteiger partial charge on any atom is 0.415 e. The lowest BCUT2D eigenvalue weighted by molar-refractivity contribution is -0.125. The van der Waals surface area contributed by atoms with Gasteiger partial charge in [0, 0.05) is 7.05 Å². The van der Waals surface area contributed by atoms with Crippen molar-refractivity contribution >= 4 is 35.2 Å². The van der Waals surface area contributed by atoms with Crippen LogP contribution in [0.1, 0.15) is 43.7 Å². The average molecular weight is 569 g/mol. The molecule has 3 aromatic rings. The Morgan fingerprint density at radius 3 is 2.18 bits per heavy atom. The van der Waals surface area contributed by atoms with Gasteiger partial charge >= 0.3 is 6.09 Å². The van der Waals surface area contributed by atoms with Crippen molar-refractivity contribution in [2.24, 2.45) is 5.73 Å². The van der Waals surface area contributed by atoms with Gasteiger partial charge in [-0.2, -0.15) is 0 Å². The fraction of sp³-hybridized carbons (Fsp3) is 0.355. The van der Waals surface area contributed by atoms with Crippen LogP contribution in [-0.2, 0) is 15.7 Å². The van der Waals surface area contributed by atoms with Gasteiger partial charge in [-0.3, -0.25) is 4.79 Å². The lowest BCUT2D eigenvalue weighted by atomic mass is 9.72. The number of para-hydroxylation sites is 1. The molecule has 0 saturated carbocycles. The van der Waals surface area contributed by atoms with Crippen LogP contribution in [0.15, 0.2) is 78.9 Å². The predicted molar refractivity (Wildman–Crippen MR) is 156 cm³/mol. The molecule has 1 fully saturated rings. The zero-order valence-corrected chi connectivity index (χ0v) is 23.9. The predicted octanol–water partition coefficient (Wildman–Crippen LogP) is 6.64. The summed E-state index contributed by atoms with van der Waals surface area (Å²) in [4.78, 5) is 29.7. The number of carbonyl (C=O) groups is 2. The first kappa shape index (κ1) is 28.9. The molecule has 1 aliphatic heterocycles. The summed E-state index contributed by atoms with van der Waals surface area (Å²) in [6.45, 7) is 4.38. The molecule has 0 aromatic heterocycles. The highest BCUT2D eigenvalue weighted by atomic mass is 35.5. The number of ether oxygens (including phenoxy) is 1. The molecule has 2 N–H and O–H groups in total. The molecule has 206 valence electrons. The van der Waals surface area contributed by atoms with Gasteiger partial charge in [0.15, 0.2) is 0 Å². The van der Waals surface area contributed by atoms with Crippen molar-refractivity contribution in [1.82, 2.24) is 9.80 Å². The Bertz CT molecular complexity index is 1280. The molecule has 2 amide bonds. The van der Waals surface area contributed by atoms with Crippen LogP contribution in [0.25, 0.3) is 0 Å². The monoisotopic (exact) mass is 567 g/mol. The van der Waals surface area contributed by atoms with Crippen LogP contribution in [0.5, 0.6) is 5.75 Å². The SMILES string of the molecule is CN(C(=O)Oc1ccccc1)[C@@](C)(CCCN1CCC(C(N)=O)(c2ccccc2)CC1)c1ccc(Cl)c(Cl)c1. The van der Waals surface area contributed by atoms with Gasteiger partial charge in [-0.25, -0.2) is 4.79 Å². The number of carbonyl (C=O) groups excluding carboxylic acids is 2. The number of likely N-dealkylation sites (tertiary alicyclic amines) is 1. The molecule has 1 aliphatic rings. The highest BCUT2D eigenvalue weighted by molar-refractivity contribution is 6.42. The molecule has 3 aromatic carbocycles. The Morgan fingerprint density at radius 2 is 1.59 bits per heavy atom. The minimum absolute atomic E-state index is 0.265. The van der Waals surface area contributed by atoms with Crippen molar-refractivity contribution < 1.29 is 14.3 Å². The Labute approximate surface area is 240 Å². The van der Waals surface area contributed by atoms with Crippen molar-refractivity contribution in [1.29, 1.82) is 0 Å². The van der Waals surface area contributed by atoms with E-state index in [-0.39, 0.29) is 5.91 Å². The van der Waals surface area contributed by atoms with E-state index >= 15 is 0 Å². The van der Waals surface area contributed by atoms with E-state index in [2.05, 4.69) is 4.90 Å². The van der Waals surface area contributed by atoms with Crippen LogP contribution < -0.4 is 10.5 Å². The van der Waals surface area contributed by atoms with Gasteiger partial charge in [0.05, 0.1) is 21.0 Å². The summed E-state index contributed by atoms with van der Waals surface area (Å²) >= 11 is 12.6. The second kappa shape index (κ2) is 12.4. The third-order valence-corrected chi connectivity index (χ3v) is 8.89. The summed E-state index contributed by atoms with van der Waals surface area (Å²) in [7, 11) is 1.75. The number of halogens is 2. The molecule has 6 nitrogen and oxygen atoms in total. The van der Waals surface area contributed by atoms with E-state index in [0.717, 1.165) is 37.2 Å². The third kappa shape index (κ3) is 6.40. The molecule has 0 unspecified atom stereocenters. The number of hydrogen-bond donors (Lipinski definition) is 1. The molecule has 39 heavy (non-hydrogen) atoms. The molecule has 4 rings (SSSR count). The van der Waals surface area contributed by atoms with Crippen molar-refractivity contribution in [2.45, 2.75) is 43.6 Å². The van der Waals surface area contributed by atoms with Crippen molar-refractivity contribution in [2.75, 3.05) is 26.7 Å². The quantitative estimate of drug-likeness (QED) is 0.314. The van der Waals surface area contributed by atoms with Crippen LogP contribution in [0.4, 0.5) is 4.79 Å². The van der Waals surface area contributed by atoms with Crippen LogP contribution in [0, 0.1) is 0 Å². The smallest absolute Gasteiger partial charge is 0.410 e. The molecule has 0 spiro atoms. The molecule has 0 radical (unpaired) electrons. The Hall–Kier alpha value is -3.06. The van der Waals surface area contributed by atoms with E-state index in [1.165, 1.54) is 0 Å². The number of benzene rings is 3. The van der Waals surface area contributed by atoms with Crippen LogP contribution in [0.2, 0.25) is 10.0 Å². The van der Waals surface area contributed by atoms with Gasteiger partial charge in [-0.15, -0.1) is 0 Å². The molecule has 1 atom stereocenters. The third-order valence-electron chi connectivity index (χ3n) is 8.15. The molecular formula is C31H35Cl2N3O3. The average Bonchev–Trinajstić information content (AvgIpc) is 2.95. The minimum atomic E-state index is -0.698. The van der Waals surface area contributed by atoms with Gasteiger partial charge in [0.1, 0.15) is 5.75 Å². The number of hydrogen-bond acceptors (Lipinski definition) is 4. The zero-order valence-electron chi connectivity index (χ0n) is 22.4. The maximum absolute atomic E-state index is 13.2. The Balaban J connectivity index is 1.45. The standard InChI is InChI=1S/C31H35Cl2N3O3/c1-30(24-14-15-26(32)27(33)22-24,35(2)29(38)39-25-12-7-4-8-13-25)16-9-19-36-20-17-31(18-21-36,28(34)37)23-10-5-3-6-11-23/h3-8,10-15,22H,9,16-21H2,1-2H3,(H2,34,37)/t30-/m0/s1. The number of amides is 2. The lowest BCUT2D eigenvalue weighted by Gasteiger charge is -2.41. The number of piperidine rings is 1. The number of primary amides is 1. The zero-order chi connectivity index (χ0) is 28.0. The van der Waals surface area contributed by atoms with Gasteiger partial charge < -0.3 is 20.3 Å². The van der Waals surface area contributed by atoms with Crippen molar-refractivity contribution in [3.63, 3.8) is 0 Å². The largest absolute Gasteiger partial charge is 0.415 e. The van der Waals surface area contributed by atoms with Crippen LogP contribution in [0.3, 0.4) is 0 Å². The summed E-state index contributed by atoms with van der Waals surface area (Å²) in [5.74, 6) is 0.217. The van der Waals surface area contributed by atoms with E-state index in [9.17, 15) is 9.59 Å². The highest BCUT2D eigenvalue weighted by Gasteiger charge is 2.41. The molecule has 8 heteroatoms. The number of nitrogens with two attached hydrogens (primary N) is 1. The molecule has 1 saturated heterocycles. The van der Waals surface area contributed by atoms with Crippen molar-refractivity contribution in [3.8, 4) is 5.75 Å². The van der Waals surface area contributed by atoms with Crippen LogP contribution in [-0.4, -0.2) is 48.5 Å². The molecule has 0 aliphatic carbocycles. The summed E-state index contributed by atoms with van der Waals surface area (Å²) in [5.41, 5.74) is 6.45. The molecule has 1 heterocycles. The maximum atomic E-state index is 13.2. The van der Waals surface area contributed by atoms with Crippen LogP contribution >= 0.6 is 23.2 Å². The van der Waals surface area contributed by atoms with Crippen molar-refractivity contribution in [3.05, 3.63) is 100 Å². The summed E-state index contributed by atoms with van der Waals surface area (Å²) < 4.78 is 5.66. The van der Waals surface area contributed by atoms with E-state index < -0.39 is 17.0 Å².